The van der Waals surface area contributed by atoms with Crippen molar-refractivity contribution >= 4 is 17.7 Å². The number of aromatic nitrogens is 1. The molecule has 6 heteroatoms. The Bertz CT molecular complexity index is 473. The molecule has 1 aromatic heterocycles. The van der Waals surface area contributed by atoms with Gasteiger partial charge in [0.25, 0.3) is 0 Å². The van der Waals surface area contributed by atoms with Crippen LogP contribution in [0.4, 0.5) is 10.6 Å². The fourth-order valence-electron chi connectivity index (χ4n) is 2.09. The highest BCUT2D eigenvalue weighted by molar-refractivity contribution is 5.93. The summed E-state index contributed by atoms with van der Waals surface area (Å²) in [7, 11) is 1.35. The number of nitrogens with zero attached hydrogens (tertiary/aromatic N) is 2. The largest absolute Gasteiger partial charge is 0.453 e. The third kappa shape index (κ3) is 3.21. The average Bonchev–Trinajstić information content (AvgIpc) is 2.87. The molecule has 6 nitrogen and oxygen atoms in total. The second kappa shape index (κ2) is 5.69. The highest BCUT2D eigenvalue weighted by atomic mass is 16.5. The smallest absolute Gasteiger partial charge is 0.407 e. The van der Waals surface area contributed by atoms with E-state index in [2.05, 4.69) is 19.9 Å². The van der Waals surface area contributed by atoms with Crippen molar-refractivity contribution < 1.29 is 14.3 Å². The number of carbonyl (C=O) groups is 2. The maximum Gasteiger partial charge on any atom is 0.407 e. The minimum absolute atomic E-state index is 0.00528. The maximum absolute atomic E-state index is 11.2. The van der Waals surface area contributed by atoms with Crippen molar-refractivity contribution in [2.75, 3.05) is 25.1 Å². The Hall–Kier alpha value is -2.11. The fourth-order valence-corrected chi connectivity index (χ4v) is 2.09. The highest BCUT2D eigenvalue weighted by Crippen LogP contribution is 2.18. The summed E-state index contributed by atoms with van der Waals surface area (Å²) in [6.45, 7) is 3.03. The Balaban J connectivity index is 1.96. The van der Waals surface area contributed by atoms with Crippen molar-refractivity contribution in [2.45, 2.75) is 19.4 Å². The second-order valence-electron chi connectivity index (χ2n) is 4.53. The number of alkyl carbamates (subject to hydrolysis) is 1. The molecule has 0 aromatic carbocycles. The summed E-state index contributed by atoms with van der Waals surface area (Å²) in [5.41, 5.74) is 0.604. The molecule has 1 fully saturated rings. The molecular formula is C13H17N3O3. The van der Waals surface area contributed by atoms with Gasteiger partial charge in [-0.15, -0.1) is 0 Å². The lowest BCUT2D eigenvalue weighted by Crippen LogP contribution is -2.37. The minimum atomic E-state index is -0.410. The molecule has 0 bridgehead atoms. The lowest BCUT2D eigenvalue weighted by atomic mass is 10.2. The van der Waals surface area contributed by atoms with Crippen molar-refractivity contribution in [3.8, 4) is 0 Å². The number of ketones is 1. The first-order valence-corrected chi connectivity index (χ1v) is 6.16. The number of nitrogens with one attached hydrogen (secondary N) is 1. The van der Waals surface area contributed by atoms with Gasteiger partial charge >= 0.3 is 6.09 Å². The third-order valence-electron chi connectivity index (χ3n) is 3.17. The van der Waals surface area contributed by atoms with Gasteiger partial charge in [0, 0.05) is 24.8 Å². The number of methoxy groups -OCH3 is 1. The molecule has 1 aliphatic rings. The number of pyridine rings is 1. The monoisotopic (exact) mass is 263 g/mol. The topological polar surface area (TPSA) is 71.5 Å². The molecular weight excluding hydrogens is 246 g/mol. The number of amides is 1. The van der Waals surface area contributed by atoms with Gasteiger partial charge in [-0.2, -0.15) is 0 Å². The second-order valence-corrected chi connectivity index (χ2v) is 4.53. The van der Waals surface area contributed by atoms with Crippen molar-refractivity contribution in [2.24, 2.45) is 0 Å². The van der Waals surface area contributed by atoms with Crippen LogP contribution in [0.3, 0.4) is 0 Å². The Morgan fingerprint density at radius 2 is 2.26 bits per heavy atom. The summed E-state index contributed by atoms with van der Waals surface area (Å²) in [6, 6.07) is 3.67. The van der Waals surface area contributed by atoms with E-state index in [0.717, 1.165) is 18.8 Å². The zero-order valence-electron chi connectivity index (χ0n) is 11.0. The average molecular weight is 263 g/mol. The summed E-state index contributed by atoms with van der Waals surface area (Å²) < 4.78 is 4.57. The molecule has 1 aliphatic heterocycles. The third-order valence-corrected chi connectivity index (χ3v) is 3.17. The van der Waals surface area contributed by atoms with Crippen LogP contribution in [0.2, 0.25) is 0 Å². The van der Waals surface area contributed by atoms with Gasteiger partial charge in [-0.25, -0.2) is 9.78 Å². The van der Waals surface area contributed by atoms with E-state index in [0.29, 0.717) is 12.1 Å². The SMILES string of the molecule is COC(=O)NC1CCN(c2ccc(C(C)=O)cn2)C1. The number of carbonyl (C=O) groups excluding carboxylic acids is 2. The Labute approximate surface area is 111 Å². The molecule has 1 atom stereocenters. The first-order chi connectivity index (χ1) is 9.10. The van der Waals surface area contributed by atoms with Gasteiger partial charge in [0.1, 0.15) is 5.82 Å². The summed E-state index contributed by atoms with van der Waals surface area (Å²) in [5, 5.41) is 2.77. The van der Waals surface area contributed by atoms with E-state index in [1.807, 2.05) is 6.07 Å². The molecule has 1 aromatic rings. The molecule has 0 spiro atoms. The first-order valence-electron chi connectivity index (χ1n) is 6.16. The molecule has 0 saturated carbocycles. The van der Waals surface area contributed by atoms with Gasteiger partial charge in [-0.1, -0.05) is 0 Å². The fraction of sp³-hybridized carbons (Fsp3) is 0.462. The quantitative estimate of drug-likeness (QED) is 0.830. The standard InChI is InChI=1S/C13H17N3O3/c1-9(17)10-3-4-12(14-7-10)16-6-5-11(8-16)15-13(18)19-2/h3-4,7,11H,5-6,8H2,1-2H3,(H,15,18). The molecule has 2 heterocycles. The van der Waals surface area contributed by atoms with Crippen LogP contribution in [-0.4, -0.2) is 43.1 Å². The zero-order chi connectivity index (χ0) is 13.8. The van der Waals surface area contributed by atoms with E-state index in [1.54, 1.807) is 12.3 Å². The predicted octanol–water partition coefficient (Wildman–Crippen LogP) is 1.22. The molecule has 19 heavy (non-hydrogen) atoms. The highest BCUT2D eigenvalue weighted by Gasteiger charge is 2.24. The summed E-state index contributed by atoms with van der Waals surface area (Å²) in [4.78, 5) is 28.6. The van der Waals surface area contributed by atoms with E-state index < -0.39 is 6.09 Å². The summed E-state index contributed by atoms with van der Waals surface area (Å²) >= 11 is 0. The van der Waals surface area contributed by atoms with Crippen LogP contribution < -0.4 is 10.2 Å². The van der Waals surface area contributed by atoms with Gasteiger partial charge in [-0.05, 0) is 25.5 Å². The lowest BCUT2D eigenvalue weighted by Gasteiger charge is -2.17. The van der Waals surface area contributed by atoms with Gasteiger partial charge in [0.2, 0.25) is 0 Å². The van der Waals surface area contributed by atoms with E-state index in [9.17, 15) is 9.59 Å². The lowest BCUT2D eigenvalue weighted by molar-refractivity contribution is 0.101. The molecule has 1 unspecified atom stereocenters. The van der Waals surface area contributed by atoms with Crippen LogP contribution in [0, 0.1) is 0 Å². The minimum Gasteiger partial charge on any atom is -0.453 e. The molecule has 1 saturated heterocycles. The summed E-state index contributed by atoms with van der Waals surface area (Å²) in [6.07, 6.45) is 2.02. The van der Waals surface area contributed by atoms with E-state index in [-0.39, 0.29) is 11.8 Å². The van der Waals surface area contributed by atoms with Crippen molar-refractivity contribution in [3.05, 3.63) is 23.9 Å². The van der Waals surface area contributed by atoms with Gasteiger partial charge in [0.05, 0.1) is 13.2 Å². The molecule has 0 radical (unpaired) electrons. The number of hydrogen-bond donors (Lipinski definition) is 1. The number of rotatable bonds is 3. The Morgan fingerprint density at radius 3 is 2.84 bits per heavy atom. The number of ether oxygens (including phenoxy) is 1. The predicted molar refractivity (Wildman–Crippen MR) is 70.4 cm³/mol. The van der Waals surface area contributed by atoms with Crippen molar-refractivity contribution in [3.63, 3.8) is 0 Å². The van der Waals surface area contributed by atoms with Crippen molar-refractivity contribution in [1.82, 2.24) is 10.3 Å². The van der Waals surface area contributed by atoms with E-state index in [1.165, 1.54) is 14.0 Å². The number of anilines is 1. The van der Waals surface area contributed by atoms with Crippen LogP contribution in [0.25, 0.3) is 0 Å². The normalized spacial score (nSPS) is 18.2. The number of Topliss-reactive ketones (excluding diaryl/α,β-unsaturated/α-hetero) is 1. The van der Waals surface area contributed by atoms with Crippen LogP contribution in [0.1, 0.15) is 23.7 Å². The Kier molecular flexibility index (Phi) is 3.99. The summed E-state index contributed by atoms with van der Waals surface area (Å²) in [5.74, 6) is 0.824. The molecule has 0 aliphatic carbocycles. The maximum atomic E-state index is 11.2. The molecule has 102 valence electrons. The van der Waals surface area contributed by atoms with Crippen LogP contribution >= 0.6 is 0 Å². The van der Waals surface area contributed by atoms with E-state index in [4.69, 9.17) is 0 Å². The molecule has 1 amide bonds. The van der Waals surface area contributed by atoms with Gasteiger partial charge < -0.3 is 15.0 Å². The van der Waals surface area contributed by atoms with Gasteiger partial charge in [-0.3, -0.25) is 4.79 Å². The van der Waals surface area contributed by atoms with Crippen LogP contribution in [0.5, 0.6) is 0 Å². The van der Waals surface area contributed by atoms with E-state index >= 15 is 0 Å². The van der Waals surface area contributed by atoms with Crippen LogP contribution in [-0.2, 0) is 4.74 Å². The Morgan fingerprint density at radius 1 is 1.47 bits per heavy atom. The zero-order valence-corrected chi connectivity index (χ0v) is 11.0. The number of hydrogen-bond acceptors (Lipinski definition) is 5. The van der Waals surface area contributed by atoms with Gasteiger partial charge in [0.15, 0.2) is 5.78 Å². The van der Waals surface area contributed by atoms with Crippen LogP contribution in [0.15, 0.2) is 18.3 Å². The molecule has 1 N–H and O–H groups in total. The van der Waals surface area contributed by atoms with Crippen molar-refractivity contribution in [1.29, 1.82) is 0 Å². The first kappa shape index (κ1) is 13.3. The molecule has 2 rings (SSSR count).